The molecule has 0 amide bonds. The molecule has 0 aromatic heterocycles. The van der Waals surface area contributed by atoms with E-state index in [-0.39, 0.29) is 23.0 Å². The van der Waals surface area contributed by atoms with Crippen molar-refractivity contribution in [2.24, 2.45) is 0 Å². The highest BCUT2D eigenvalue weighted by Gasteiger charge is 2.50. The van der Waals surface area contributed by atoms with Gasteiger partial charge in [-0.3, -0.25) is 0 Å². The molecule has 3 heterocycles. The average molecular weight is 324 g/mol. The number of rotatable bonds is 2. The van der Waals surface area contributed by atoms with Crippen LogP contribution < -0.4 is 4.74 Å². The summed E-state index contributed by atoms with van der Waals surface area (Å²) in [5, 5.41) is 0. The topological polar surface area (TPSA) is 91.4 Å². The van der Waals surface area contributed by atoms with E-state index >= 15 is 0 Å². The highest BCUT2D eigenvalue weighted by Crippen LogP contribution is 2.46. The van der Waals surface area contributed by atoms with E-state index in [2.05, 4.69) is 4.74 Å². The van der Waals surface area contributed by atoms with Crippen LogP contribution in [0.2, 0.25) is 0 Å². The minimum Gasteiger partial charge on any atom is -0.456 e. The van der Waals surface area contributed by atoms with Crippen molar-refractivity contribution in [2.75, 3.05) is 0 Å². The van der Waals surface area contributed by atoms with Crippen molar-refractivity contribution in [3.63, 3.8) is 0 Å². The number of esters is 3. The van der Waals surface area contributed by atoms with Crippen LogP contribution in [0.4, 0.5) is 0 Å². The van der Waals surface area contributed by atoms with Crippen molar-refractivity contribution in [2.45, 2.75) is 12.4 Å². The molecule has 7 heteroatoms. The maximum Gasteiger partial charge on any atom is 0.350 e. The van der Waals surface area contributed by atoms with Crippen LogP contribution in [-0.4, -0.2) is 24.2 Å². The molecule has 5 rings (SSSR count). The Kier molecular flexibility index (Phi) is 2.44. The zero-order chi connectivity index (χ0) is 16.4. The van der Waals surface area contributed by atoms with Gasteiger partial charge in [0.25, 0.3) is 0 Å². The van der Waals surface area contributed by atoms with Gasteiger partial charge >= 0.3 is 17.9 Å². The first kappa shape index (κ1) is 13.3. The number of fused-ring (bicyclic) bond motifs is 4. The third-order valence-corrected chi connectivity index (χ3v) is 4.09. The first-order valence-corrected chi connectivity index (χ1v) is 7.19. The summed E-state index contributed by atoms with van der Waals surface area (Å²) < 4.78 is 20.6. The average Bonchev–Trinajstić information content (AvgIpc) is 3.27. The monoisotopic (exact) mass is 324 g/mol. The third-order valence-electron chi connectivity index (χ3n) is 4.09. The number of epoxide rings is 1. The number of hydrogen-bond donors (Lipinski definition) is 0. The van der Waals surface area contributed by atoms with Crippen molar-refractivity contribution < 1.29 is 33.3 Å². The van der Waals surface area contributed by atoms with E-state index in [1.54, 1.807) is 24.3 Å². The molecule has 0 radical (unpaired) electrons. The summed E-state index contributed by atoms with van der Waals surface area (Å²) in [6, 6.07) is 9.54. The lowest BCUT2D eigenvalue weighted by Crippen LogP contribution is -2.15. The minimum atomic E-state index is -0.753. The van der Waals surface area contributed by atoms with Crippen LogP contribution in [0.25, 0.3) is 0 Å². The number of carbonyl (C=O) groups is 3. The molecule has 7 nitrogen and oxygen atoms in total. The summed E-state index contributed by atoms with van der Waals surface area (Å²) in [6.07, 6.45) is -0.713. The van der Waals surface area contributed by atoms with Gasteiger partial charge < -0.3 is 18.9 Å². The fourth-order valence-electron chi connectivity index (χ4n) is 2.92. The third kappa shape index (κ3) is 1.79. The Morgan fingerprint density at radius 2 is 1.79 bits per heavy atom. The first-order valence-electron chi connectivity index (χ1n) is 7.19. The summed E-state index contributed by atoms with van der Waals surface area (Å²) in [7, 11) is 0. The van der Waals surface area contributed by atoms with Crippen molar-refractivity contribution in [1.82, 2.24) is 0 Å². The summed E-state index contributed by atoms with van der Waals surface area (Å²) in [5.74, 6) is -1.41. The van der Waals surface area contributed by atoms with Crippen LogP contribution in [0.15, 0.2) is 36.4 Å². The van der Waals surface area contributed by atoms with E-state index < -0.39 is 24.2 Å². The number of hydrogen-bond acceptors (Lipinski definition) is 7. The van der Waals surface area contributed by atoms with Gasteiger partial charge in [0.2, 0.25) is 6.29 Å². The van der Waals surface area contributed by atoms with E-state index in [9.17, 15) is 14.4 Å². The van der Waals surface area contributed by atoms with Crippen molar-refractivity contribution in [3.05, 3.63) is 58.7 Å². The van der Waals surface area contributed by atoms with E-state index in [4.69, 9.17) is 14.2 Å². The number of cyclic esters (lactones) is 2. The molecule has 3 aliphatic heterocycles. The molecule has 3 aliphatic rings. The second-order valence-electron chi connectivity index (χ2n) is 5.54. The molecule has 0 aliphatic carbocycles. The maximum atomic E-state index is 11.9. The normalized spacial score (nSPS) is 22.9. The Morgan fingerprint density at radius 3 is 2.67 bits per heavy atom. The standard InChI is InChI=1S/C17H8O7/c18-14-9-2-1-3-11(12(9)16(20)23-14)21-7-4-5-8-10(6-7)15(19)24-17-13(8)22-17/h1-6,13,17H. The first-order chi connectivity index (χ1) is 11.6. The zero-order valence-corrected chi connectivity index (χ0v) is 12.0. The molecule has 0 N–H and O–H groups in total. The lowest BCUT2D eigenvalue weighted by atomic mass is 10.0. The van der Waals surface area contributed by atoms with Crippen molar-refractivity contribution in [3.8, 4) is 11.5 Å². The van der Waals surface area contributed by atoms with Gasteiger partial charge in [-0.2, -0.15) is 0 Å². The van der Waals surface area contributed by atoms with Gasteiger partial charge in [-0.05, 0) is 24.3 Å². The van der Waals surface area contributed by atoms with Crippen LogP contribution in [0.1, 0.15) is 42.7 Å². The Hall–Kier alpha value is -3.19. The van der Waals surface area contributed by atoms with Crippen molar-refractivity contribution >= 4 is 17.9 Å². The summed E-state index contributed by atoms with van der Waals surface area (Å²) in [4.78, 5) is 35.3. The Morgan fingerprint density at radius 1 is 0.917 bits per heavy atom. The smallest absolute Gasteiger partial charge is 0.350 e. The van der Waals surface area contributed by atoms with E-state index in [1.807, 2.05) is 0 Å². The molecule has 1 saturated heterocycles. The Bertz CT molecular complexity index is 946. The summed E-state index contributed by atoms with van der Waals surface area (Å²) in [6.45, 7) is 0. The predicted molar refractivity (Wildman–Crippen MR) is 75.7 cm³/mol. The second-order valence-corrected chi connectivity index (χ2v) is 5.54. The van der Waals surface area contributed by atoms with Crippen LogP contribution in [0, 0.1) is 0 Å². The molecule has 2 aromatic rings. The molecule has 1 fully saturated rings. The van der Waals surface area contributed by atoms with E-state index in [0.29, 0.717) is 11.3 Å². The Balaban J connectivity index is 1.54. The fourth-order valence-corrected chi connectivity index (χ4v) is 2.92. The van der Waals surface area contributed by atoms with Gasteiger partial charge in [-0.25, -0.2) is 14.4 Å². The molecule has 0 bridgehead atoms. The van der Waals surface area contributed by atoms with E-state index in [0.717, 1.165) is 5.56 Å². The quantitative estimate of drug-likeness (QED) is 0.475. The Labute approximate surface area is 134 Å². The fraction of sp³-hybridized carbons (Fsp3) is 0.118. The van der Waals surface area contributed by atoms with Gasteiger partial charge in [-0.1, -0.05) is 12.1 Å². The van der Waals surface area contributed by atoms with Gasteiger partial charge in [0.05, 0.1) is 11.1 Å². The number of carbonyl (C=O) groups excluding carboxylic acids is 3. The van der Waals surface area contributed by atoms with Crippen LogP contribution in [0.3, 0.4) is 0 Å². The molecule has 118 valence electrons. The van der Waals surface area contributed by atoms with Crippen LogP contribution in [0.5, 0.6) is 11.5 Å². The molecular formula is C17H8O7. The zero-order valence-electron chi connectivity index (χ0n) is 12.0. The summed E-state index contributed by atoms with van der Waals surface area (Å²) >= 11 is 0. The van der Waals surface area contributed by atoms with Gasteiger partial charge in [0, 0.05) is 5.56 Å². The number of benzene rings is 2. The maximum absolute atomic E-state index is 11.9. The highest BCUT2D eigenvalue weighted by molar-refractivity contribution is 6.16. The lowest BCUT2D eigenvalue weighted by molar-refractivity contribution is 0.0289. The van der Waals surface area contributed by atoms with Gasteiger partial charge in [-0.15, -0.1) is 0 Å². The number of ether oxygens (including phenoxy) is 4. The van der Waals surface area contributed by atoms with Crippen LogP contribution in [-0.2, 0) is 14.2 Å². The molecule has 0 spiro atoms. The molecule has 2 aromatic carbocycles. The highest BCUT2D eigenvalue weighted by atomic mass is 16.8. The molecule has 2 atom stereocenters. The van der Waals surface area contributed by atoms with Crippen LogP contribution >= 0.6 is 0 Å². The minimum absolute atomic E-state index is 0.0772. The van der Waals surface area contributed by atoms with Gasteiger partial charge in [0.15, 0.2) is 6.10 Å². The summed E-state index contributed by atoms with van der Waals surface area (Å²) in [5.41, 5.74) is 1.34. The molecular weight excluding hydrogens is 316 g/mol. The van der Waals surface area contributed by atoms with E-state index in [1.165, 1.54) is 12.1 Å². The molecule has 2 unspecified atom stereocenters. The second kappa shape index (κ2) is 4.42. The van der Waals surface area contributed by atoms with Gasteiger partial charge in [0.1, 0.15) is 17.1 Å². The molecule has 24 heavy (non-hydrogen) atoms. The lowest BCUT2D eigenvalue weighted by Gasteiger charge is -2.14. The van der Waals surface area contributed by atoms with Crippen molar-refractivity contribution in [1.29, 1.82) is 0 Å². The SMILES string of the molecule is O=C1OC2OC2c2ccc(Oc3cccc4c3C(=O)OC4=O)cc21. The molecule has 0 saturated carbocycles. The largest absolute Gasteiger partial charge is 0.456 e. The predicted octanol–water partition coefficient (Wildman–Crippen LogP) is 2.36.